The molecule has 0 fully saturated rings. The predicted molar refractivity (Wildman–Crippen MR) is 94.9 cm³/mol. The van der Waals surface area contributed by atoms with Crippen LogP contribution in [0.3, 0.4) is 0 Å². The van der Waals surface area contributed by atoms with Crippen molar-refractivity contribution >= 4 is 17.6 Å². The van der Waals surface area contributed by atoms with E-state index in [0.717, 1.165) is 29.2 Å². The van der Waals surface area contributed by atoms with Gasteiger partial charge in [-0.2, -0.15) is 0 Å². The molecule has 110 valence electrons. The molecule has 3 rings (SSSR count). The Morgan fingerprint density at radius 2 is 1.82 bits per heavy atom. The first-order valence-corrected chi connectivity index (χ1v) is 8.25. The van der Waals surface area contributed by atoms with Crippen LogP contribution in [0.2, 0.25) is 0 Å². The number of aromatic nitrogens is 1. The number of benzene rings is 2. The first kappa shape index (κ1) is 14.7. The number of hydrogen-bond donors (Lipinski definition) is 0. The van der Waals surface area contributed by atoms with E-state index in [1.807, 2.05) is 24.4 Å². The minimum absolute atomic E-state index is 0.770. The Hall–Kier alpha value is -2.26. The fourth-order valence-corrected chi connectivity index (χ4v) is 3.00. The van der Waals surface area contributed by atoms with Gasteiger partial charge in [0.2, 0.25) is 0 Å². The number of rotatable bonds is 5. The number of thiazole rings is 1. The van der Waals surface area contributed by atoms with Crippen LogP contribution in [-0.4, -0.2) is 17.7 Å². The molecular weight excluding hydrogens is 288 g/mol. The Labute approximate surface area is 135 Å². The summed E-state index contributed by atoms with van der Waals surface area (Å²) in [4.78, 5) is 9.17. The summed E-state index contributed by atoms with van der Waals surface area (Å²) in [6.45, 7) is 2.86. The summed E-state index contributed by atoms with van der Waals surface area (Å²) in [6, 6.07) is 18.7. The smallest absolute Gasteiger partial charge is 0.123 e. The van der Waals surface area contributed by atoms with Gasteiger partial charge in [0.15, 0.2) is 0 Å². The van der Waals surface area contributed by atoms with Gasteiger partial charge in [0.05, 0.1) is 5.69 Å². The Morgan fingerprint density at radius 3 is 2.59 bits per heavy atom. The van der Waals surface area contributed by atoms with Crippen LogP contribution in [0, 0.1) is 6.92 Å². The second-order valence-electron chi connectivity index (χ2n) is 5.21. The molecular formula is C19H18N2S. The molecule has 0 saturated carbocycles. The van der Waals surface area contributed by atoms with Crippen LogP contribution in [-0.2, 0) is 6.42 Å². The number of nitrogens with zero attached hydrogens (tertiary/aromatic N) is 2. The van der Waals surface area contributed by atoms with Gasteiger partial charge in [-0.05, 0) is 12.5 Å². The quantitative estimate of drug-likeness (QED) is 0.623. The van der Waals surface area contributed by atoms with Gasteiger partial charge in [0.25, 0.3) is 0 Å². The van der Waals surface area contributed by atoms with Gasteiger partial charge in [-0.15, -0.1) is 11.3 Å². The summed E-state index contributed by atoms with van der Waals surface area (Å²) < 4.78 is 0. The molecule has 2 aromatic carbocycles. The van der Waals surface area contributed by atoms with E-state index in [9.17, 15) is 0 Å². The van der Waals surface area contributed by atoms with E-state index < -0.39 is 0 Å². The fourth-order valence-electron chi connectivity index (χ4n) is 2.14. The molecule has 0 spiro atoms. The minimum Gasteiger partial charge on any atom is -0.292 e. The summed E-state index contributed by atoms with van der Waals surface area (Å²) in [5.41, 5.74) is 4.72. The third-order valence-corrected chi connectivity index (χ3v) is 4.33. The van der Waals surface area contributed by atoms with Crippen molar-refractivity contribution in [2.24, 2.45) is 4.99 Å². The van der Waals surface area contributed by atoms with Crippen LogP contribution < -0.4 is 0 Å². The molecule has 0 N–H and O–H groups in total. The van der Waals surface area contributed by atoms with Crippen LogP contribution in [0.15, 0.2) is 65.0 Å². The lowest BCUT2D eigenvalue weighted by atomic mass is 10.2. The maximum atomic E-state index is 4.68. The first-order valence-electron chi connectivity index (χ1n) is 7.37. The largest absolute Gasteiger partial charge is 0.292 e. The van der Waals surface area contributed by atoms with Crippen molar-refractivity contribution in [3.05, 3.63) is 76.8 Å². The molecule has 0 amide bonds. The Balaban J connectivity index is 1.56. The minimum atomic E-state index is 0.770. The highest BCUT2D eigenvalue weighted by Gasteiger charge is 2.03. The van der Waals surface area contributed by atoms with Gasteiger partial charge in [-0.3, -0.25) is 4.99 Å². The third kappa shape index (κ3) is 3.89. The van der Waals surface area contributed by atoms with E-state index in [-0.39, 0.29) is 0 Å². The van der Waals surface area contributed by atoms with E-state index in [2.05, 4.69) is 58.7 Å². The van der Waals surface area contributed by atoms with Gasteiger partial charge in [0.1, 0.15) is 5.01 Å². The SMILES string of the molecule is Cc1ccc(C=NCCc2csc(-c3ccccc3)n2)cc1. The van der Waals surface area contributed by atoms with E-state index in [1.54, 1.807) is 11.3 Å². The van der Waals surface area contributed by atoms with Gasteiger partial charge in [0, 0.05) is 30.1 Å². The lowest BCUT2D eigenvalue weighted by Gasteiger charge is -1.95. The van der Waals surface area contributed by atoms with Gasteiger partial charge < -0.3 is 0 Å². The van der Waals surface area contributed by atoms with Crippen LogP contribution >= 0.6 is 11.3 Å². The third-order valence-electron chi connectivity index (χ3n) is 3.39. The second-order valence-corrected chi connectivity index (χ2v) is 6.06. The second kappa shape index (κ2) is 7.14. The zero-order valence-electron chi connectivity index (χ0n) is 12.6. The van der Waals surface area contributed by atoms with Gasteiger partial charge >= 0.3 is 0 Å². The summed E-state index contributed by atoms with van der Waals surface area (Å²) in [5, 5.41) is 3.21. The fraction of sp³-hybridized carbons (Fsp3) is 0.158. The van der Waals surface area contributed by atoms with Crippen LogP contribution in [0.5, 0.6) is 0 Å². The van der Waals surface area contributed by atoms with Crippen LogP contribution in [0.1, 0.15) is 16.8 Å². The molecule has 22 heavy (non-hydrogen) atoms. The monoisotopic (exact) mass is 306 g/mol. The predicted octanol–water partition coefficient (Wildman–Crippen LogP) is 4.78. The first-order chi connectivity index (χ1) is 10.8. The Morgan fingerprint density at radius 1 is 1.05 bits per heavy atom. The Kier molecular flexibility index (Phi) is 4.76. The zero-order chi connectivity index (χ0) is 15.2. The number of aliphatic imine (C=N–C) groups is 1. The summed E-state index contributed by atoms with van der Waals surface area (Å²) in [7, 11) is 0. The molecule has 0 aliphatic heterocycles. The highest BCUT2D eigenvalue weighted by molar-refractivity contribution is 7.13. The van der Waals surface area contributed by atoms with Crippen molar-refractivity contribution < 1.29 is 0 Å². The number of aryl methyl sites for hydroxylation is 1. The summed E-state index contributed by atoms with van der Waals surface area (Å²) >= 11 is 1.70. The molecule has 3 aromatic rings. The maximum Gasteiger partial charge on any atom is 0.123 e. The molecule has 0 saturated heterocycles. The lowest BCUT2D eigenvalue weighted by Crippen LogP contribution is -1.91. The molecule has 3 heteroatoms. The molecule has 0 unspecified atom stereocenters. The van der Waals surface area contributed by atoms with Crippen molar-refractivity contribution in [3.8, 4) is 10.6 Å². The van der Waals surface area contributed by atoms with Gasteiger partial charge in [-0.25, -0.2) is 4.98 Å². The van der Waals surface area contributed by atoms with Crippen molar-refractivity contribution in [2.45, 2.75) is 13.3 Å². The molecule has 0 atom stereocenters. The average Bonchev–Trinajstić information content (AvgIpc) is 3.03. The molecule has 0 aliphatic carbocycles. The molecule has 0 radical (unpaired) electrons. The molecule has 2 nitrogen and oxygen atoms in total. The van der Waals surface area contributed by atoms with E-state index in [0.29, 0.717) is 0 Å². The van der Waals surface area contributed by atoms with Crippen LogP contribution in [0.4, 0.5) is 0 Å². The highest BCUT2D eigenvalue weighted by atomic mass is 32.1. The summed E-state index contributed by atoms with van der Waals surface area (Å²) in [5.74, 6) is 0. The molecule has 1 heterocycles. The topological polar surface area (TPSA) is 25.2 Å². The van der Waals surface area contributed by atoms with Crippen molar-refractivity contribution in [1.82, 2.24) is 4.98 Å². The normalized spacial score (nSPS) is 11.1. The van der Waals surface area contributed by atoms with E-state index in [4.69, 9.17) is 0 Å². The zero-order valence-corrected chi connectivity index (χ0v) is 13.4. The molecule has 0 aliphatic rings. The Bertz CT molecular complexity index is 743. The standard InChI is InChI=1S/C19H18N2S/c1-15-7-9-16(10-8-15)13-20-12-11-18-14-22-19(21-18)17-5-3-2-4-6-17/h2-10,13-14H,11-12H2,1H3. The average molecular weight is 306 g/mol. The van der Waals surface area contributed by atoms with E-state index in [1.165, 1.54) is 11.1 Å². The lowest BCUT2D eigenvalue weighted by molar-refractivity contribution is 0.940. The molecule has 1 aromatic heterocycles. The van der Waals surface area contributed by atoms with Crippen LogP contribution in [0.25, 0.3) is 10.6 Å². The van der Waals surface area contributed by atoms with E-state index >= 15 is 0 Å². The van der Waals surface area contributed by atoms with Crippen molar-refractivity contribution in [2.75, 3.05) is 6.54 Å². The maximum absolute atomic E-state index is 4.68. The number of hydrogen-bond acceptors (Lipinski definition) is 3. The highest BCUT2D eigenvalue weighted by Crippen LogP contribution is 2.23. The van der Waals surface area contributed by atoms with Gasteiger partial charge in [-0.1, -0.05) is 60.2 Å². The van der Waals surface area contributed by atoms with Crippen molar-refractivity contribution in [1.29, 1.82) is 0 Å². The molecule has 0 bridgehead atoms. The van der Waals surface area contributed by atoms with Crippen molar-refractivity contribution in [3.63, 3.8) is 0 Å². The summed E-state index contributed by atoms with van der Waals surface area (Å²) in [6.07, 6.45) is 2.82.